The van der Waals surface area contributed by atoms with Gasteiger partial charge < -0.3 is 0 Å². The molecule has 2 aromatic rings. The van der Waals surface area contributed by atoms with E-state index in [4.69, 9.17) is 0 Å². The van der Waals surface area contributed by atoms with Crippen LogP contribution in [0.4, 0.5) is 5.82 Å². The Bertz CT molecular complexity index is 735. The first kappa shape index (κ1) is 15.2. The lowest BCUT2D eigenvalue weighted by atomic mass is 10.1. The fraction of sp³-hybridized carbons (Fsp3) is 0.125. The average Bonchev–Trinajstić information content (AvgIpc) is 2.62. The number of benzene rings is 1. The second kappa shape index (κ2) is 6.62. The molecule has 1 amide bonds. The fourth-order valence-electron chi connectivity index (χ4n) is 2.30. The molecule has 0 bridgehead atoms. The van der Waals surface area contributed by atoms with E-state index in [-0.39, 0.29) is 5.91 Å². The highest BCUT2D eigenvalue weighted by Gasteiger charge is 2.38. The van der Waals surface area contributed by atoms with Gasteiger partial charge in [-0.2, -0.15) is 10.2 Å². The Morgan fingerprint density at radius 2 is 1.91 bits per heavy atom. The number of pyridine rings is 1. The summed E-state index contributed by atoms with van der Waals surface area (Å²) in [5, 5.41) is 9.73. The maximum Gasteiger partial charge on any atom is 0.283 e. The van der Waals surface area contributed by atoms with E-state index in [1.165, 1.54) is 16.9 Å². The van der Waals surface area contributed by atoms with Crippen molar-refractivity contribution in [3.63, 3.8) is 0 Å². The number of aromatic nitrogens is 1. The Kier molecular flexibility index (Phi) is 4.38. The first-order chi connectivity index (χ1) is 11.3. The molecule has 116 valence electrons. The van der Waals surface area contributed by atoms with Crippen molar-refractivity contribution in [3.8, 4) is 0 Å². The van der Waals surface area contributed by atoms with Crippen LogP contribution in [0, 0.1) is 0 Å². The van der Waals surface area contributed by atoms with Gasteiger partial charge in [0.05, 0.1) is 0 Å². The standard InChI is InChI=1S/C16H15N5OS/c1-17-21-16(23-2)20(13-10-6-7-11-18-13)15(22)14(19-21)12-8-4-3-5-9-12/h3-11,16H,1H2,2H3. The molecule has 0 aliphatic carbocycles. The summed E-state index contributed by atoms with van der Waals surface area (Å²) in [5.74, 6) is 0.336. The highest BCUT2D eigenvalue weighted by atomic mass is 32.2. The molecule has 0 saturated carbocycles. The lowest BCUT2D eigenvalue weighted by Crippen LogP contribution is -2.53. The number of hydrogen-bond acceptors (Lipinski definition) is 6. The van der Waals surface area contributed by atoms with E-state index in [2.05, 4.69) is 21.9 Å². The maximum atomic E-state index is 13.0. The summed E-state index contributed by atoms with van der Waals surface area (Å²) >= 11 is 1.43. The molecule has 3 rings (SSSR count). The van der Waals surface area contributed by atoms with Crippen LogP contribution in [0.15, 0.2) is 64.9 Å². The van der Waals surface area contributed by atoms with Crippen LogP contribution in [0.3, 0.4) is 0 Å². The first-order valence-corrected chi connectivity index (χ1v) is 8.22. The van der Waals surface area contributed by atoms with Crippen LogP contribution in [-0.2, 0) is 4.79 Å². The lowest BCUT2D eigenvalue weighted by molar-refractivity contribution is -0.114. The zero-order valence-corrected chi connectivity index (χ0v) is 13.3. The average molecular weight is 325 g/mol. The van der Waals surface area contributed by atoms with Crippen LogP contribution < -0.4 is 4.90 Å². The quantitative estimate of drug-likeness (QED) is 0.810. The highest BCUT2D eigenvalue weighted by Crippen LogP contribution is 2.28. The number of rotatable bonds is 4. The summed E-state index contributed by atoms with van der Waals surface area (Å²) in [6.07, 6.45) is 3.54. The molecule has 0 radical (unpaired) electrons. The third kappa shape index (κ3) is 2.83. The fourth-order valence-corrected chi connectivity index (χ4v) is 3.02. The number of amides is 1. The normalized spacial score (nSPS) is 17.9. The molecular weight excluding hydrogens is 310 g/mol. The summed E-state index contributed by atoms with van der Waals surface area (Å²) in [4.78, 5) is 18.9. The van der Waals surface area contributed by atoms with E-state index in [0.29, 0.717) is 11.5 Å². The van der Waals surface area contributed by atoms with Gasteiger partial charge in [-0.1, -0.05) is 36.4 Å². The van der Waals surface area contributed by atoms with Gasteiger partial charge >= 0.3 is 0 Å². The smallest absolute Gasteiger partial charge is 0.267 e. The predicted octanol–water partition coefficient (Wildman–Crippen LogP) is 2.40. The molecule has 1 aliphatic rings. The van der Waals surface area contributed by atoms with Crippen LogP contribution in [0.25, 0.3) is 0 Å². The Hall–Kier alpha value is -2.67. The molecule has 1 aromatic carbocycles. The van der Waals surface area contributed by atoms with Crippen molar-refractivity contribution in [1.82, 2.24) is 10.1 Å². The summed E-state index contributed by atoms with van der Waals surface area (Å²) in [5.41, 5.74) is 0.614. The second-order valence-electron chi connectivity index (χ2n) is 4.70. The topological polar surface area (TPSA) is 61.2 Å². The molecule has 23 heavy (non-hydrogen) atoms. The summed E-state index contributed by atoms with van der Waals surface area (Å²) < 4.78 is 0. The Morgan fingerprint density at radius 3 is 2.52 bits per heavy atom. The number of anilines is 1. The largest absolute Gasteiger partial charge is 0.283 e. The number of carbonyl (C=O) groups is 1. The molecule has 0 saturated heterocycles. The van der Waals surface area contributed by atoms with Crippen molar-refractivity contribution >= 4 is 35.9 Å². The maximum absolute atomic E-state index is 13.0. The Balaban J connectivity index is 2.11. The minimum absolute atomic E-state index is 0.214. The number of hydrazone groups is 2. The number of nitrogens with zero attached hydrogens (tertiary/aromatic N) is 5. The summed E-state index contributed by atoms with van der Waals surface area (Å²) in [6.45, 7) is 3.56. The summed E-state index contributed by atoms with van der Waals surface area (Å²) in [6, 6.07) is 14.7. The number of hydrogen-bond donors (Lipinski definition) is 0. The van der Waals surface area contributed by atoms with Crippen LogP contribution in [-0.4, -0.2) is 40.2 Å². The van der Waals surface area contributed by atoms with Crippen molar-refractivity contribution < 1.29 is 4.79 Å². The first-order valence-electron chi connectivity index (χ1n) is 6.93. The van der Waals surface area contributed by atoms with E-state index in [9.17, 15) is 4.79 Å². The van der Waals surface area contributed by atoms with Crippen LogP contribution in [0.2, 0.25) is 0 Å². The zero-order valence-electron chi connectivity index (χ0n) is 12.5. The molecule has 0 fully saturated rings. The van der Waals surface area contributed by atoms with Crippen LogP contribution in [0.1, 0.15) is 5.56 Å². The highest BCUT2D eigenvalue weighted by molar-refractivity contribution is 7.99. The minimum atomic E-state index is -0.428. The van der Waals surface area contributed by atoms with Crippen molar-refractivity contribution in [2.75, 3.05) is 11.2 Å². The van der Waals surface area contributed by atoms with Crippen LogP contribution >= 0.6 is 11.8 Å². The van der Waals surface area contributed by atoms with Gasteiger partial charge in [0, 0.05) is 18.5 Å². The Morgan fingerprint density at radius 1 is 1.17 bits per heavy atom. The molecular formula is C16H15N5OS. The van der Waals surface area contributed by atoms with Gasteiger partial charge in [-0.3, -0.25) is 9.69 Å². The van der Waals surface area contributed by atoms with Gasteiger partial charge in [-0.15, -0.1) is 16.9 Å². The van der Waals surface area contributed by atoms with Crippen molar-refractivity contribution in [3.05, 3.63) is 60.3 Å². The van der Waals surface area contributed by atoms with Crippen molar-refractivity contribution in [1.29, 1.82) is 0 Å². The van der Waals surface area contributed by atoms with Gasteiger partial charge in [0.15, 0.2) is 11.2 Å². The van der Waals surface area contributed by atoms with E-state index in [1.54, 1.807) is 17.2 Å². The molecule has 1 unspecified atom stereocenters. The monoisotopic (exact) mass is 325 g/mol. The van der Waals surface area contributed by atoms with E-state index < -0.39 is 5.50 Å². The third-order valence-corrected chi connectivity index (χ3v) is 4.16. The molecule has 6 nitrogen and oxygen atoms in total. The minimum Gasteiger partial charge on any atom is -0.267 e. The Labute approximate surface area is 138 Å². The van der Waals surface area contributed by atoms with Crippen LogP contribution in [0.5, 0.6) is 0 Å². The lowest BCUT2D eigenvalue weighted by Gasteiger charge is -2.37. The molecule has 1 atom stereocenters. The molecule has 0 spiro atoms. The number of carbonyl (C=O) groups excluding carboxylic acids is 1. The SMILES string of the molecule is C=NN1N=C(c2ccccc2)C(=O)N(c2ccccn2)C1SC. The predicted molar refractivity (Wildman–Crippen MR) is 93.4 cm³/mol. The van der Waals surface area contributed by atoms with E-state index in [1.807, 2.05) is 48.7 Å². The molecule has 2 heterocycles. The van der Waals surface area contributed by atoms with Gasteiger partial charge in [0.2, 0.25) is 0 Å². The van der Waals surface area contributed by atoms with E-state index in [0.717, 1.165) is 5.56 Å². The van der Waals surface area contributed by atoms with Gasteiger partial charge in [0.25, 0.3) is 5.91 Å². The second-order valence-corrected chi connectivity index (χ2v) is 5.59. The molecule has 0 N–H and O–H groups in total. The van der Waals surface area contributed by atoms with Gasteiger partial charge in [0.1, 0.15) is 5.82 Å². The van der Waals surface area contributed by atoms with Gasteiger partial charge in [-0.05, 0) is 18.4 Å². The van der Waals surface area contributed by atoms with E-state index >= 15 is 0 Å². The third-order valence-electron chi connectivity index (χ3n) is 3.34. The van der Waals surface area contributed by atoms with Crippen molar-refractivity contribution in [2.45, 2.75) is 5.50 Å². The van der Waals surface area contributed by atoms with Gasteiger partial charge in [-0.25, -0.2) is 4.98 Å². The van der Waals surface area contributed by atoms with Crippen molar-refractivity contribution in [2.24, 2.45) is 10.2 Å². The summed E-state index contributed by atoms with van der Waals surface area (Å²) in [7, 11) is 0. The number of thioether (sulfide) groups is 1. The zero-order chi connectivity index (χ0) is 16.2. The molecule has 7 heteroatoms. The molecule has 1 aromatic heterocycles. The molecule has 1 aliphatic heterocycles.